The van der Waals surface area contributed by atoms with Gasteiger partial charge in [0.05, 0.1) is 27.3 Å². The molecule has 198 valence electrons. The van der Waals surface area contributed by atoms with Gasteiger partial charge in [0.2, 0.25) is 0 Å². The number of fused-ring (bicyclic) bond motifs is 2. The minimum atomic E-state index is -3.93. The molecule has 0 atom stereocenters. The average molecular weight is 563 g/mol. The van der Waals surface area contributed by atoms with E-state index in [-0.39, 0.29) is 6.73 Å². The molecule has 1 aromatic heterocycles. The van der Waals surface area contributed by atoms with E-state index in [0.29, 0.717) is 32.7 Å². The fraction of sp³-hybridized carbons (Fsp3) is 0.370. The molecule has 37 heavy (non-hydrogen) atoms. The van der Waals surface area contributed by atoms with Crippen molar-refractivity contribution in [3.8, 4) is 11.5 Å². The van der Waals surface area contributed by atoms with Crippen LogP contribution in [0.2, 0.25) is 5.02 Å². The summed E-state index contributed by atoms with van der Waals surface area (Å²) >= 11 is 8.04. The second-order valence-electron chi connectivity index (χ2n) is 10.5. The summed E-state index contributed by atoms with van der Waals surface area (Å²) in [6.07, 6.45) is 1.91. The van der Waals surface area contributed by atoms with Crippen molar-refractivity contribution >= 4 is 53.0 Å². The highest BCUT2D eigenvalue weighted by Crippen LogP contribution is 2.56. The van der Waals surface area contributed by atoms with Gasteiger partial charge < -0.3 is 4.74 Å². The summed E-state index contributed by atoms with van der Waals surface area (Å²) in [7, 11) is -3.93. The molecule has 4 aromatic rings. The van der Waals surface area contributed by atoms with Gasteiger partial charge in [-0.2, -0.15) is 0 Å². The Balaban J connectivity index is 1.71. The third kappa shape index (κ3) is 6.88. The van der Waals surface area contributed by atoms with Gasteiger partial charge in [-0.25, -0.2) is 9.55 Å². The molecule has 3 aromatic carbocycles. The normalized spacial score (nSPS) is 13.0. The van der Waals surface area contributed by atoms with Gasteiger partial charge in [-0.3, -0.25) is 18.1 Å². The molecule has 0 N–H and O–H groups in total. The minimum Gasteiger partial charge on any atom is -0.455 e. The maximum absolute atomic E-state index is 13.6. The van der Waals surface area contributed by atoms with Crippen LogP contribution in [0.4, 0.5) is 0 Å². The molecule has 0 aliphatic carbocycles. The van der Waals surface area contributed by atoms with Gasteiger partial charge in [0.15, 0.2) is 5.16 Å². The van der Waals surface area contributed by atoms with Crippen molar-refractivity contribution in [2.75, 3.05) is 6.26 Å². The van der Waals surface area contributed by atoms with Crippen LogP contribution in [-0.4, -0.2) is 27.0 Å². The Kier molecular flexibility index (Phi) is 8.01. The van der Waals surface area contributed by atoms with Crippen LogP contribution in [0.1, 0.15) is 41.5 Å². The number of halogens is 1. The smallest absolute Gasteiger partial charge is 0.455 e. The number of ether oxygens (including phenoxy) is 1. The number of thioether (sulfide) groups is 1. The predicted molar refractivity (Wildman–Crippen MR) is 151 cm³/mol. The molecule has 0 aliphatic heterocycles. The lowest BCUT2D eigenvalue weighted by molar-refractivity contribution is -0.00655. The van der Waals surface area contributed by atoms with Crippen molar-refractivity contribution in [3.63, 3.8) is 0 Å². The van der Waals surface area contributed by atoms with Crippen LogP contribution in [0, 0.1) is 0 Å². The summed E-state index contributed by atoms with van der Waals surface area (Å²) in [6, 6.07) is 17.4. The van der Waals surface area contributed by atoms with Crippen LogP contribution < -0.4 is 4.74 Å². The molecule has 0 spiro atoms. The highest BCUT2D eigenvalue weighted by molar-refractivity contribution is 7.98. The number of benzene rings is 3. The third-order valence-corrected chi connectivity index (χ3v) is 7.98. The molecular formula is C27H32ClN2O5PS. The summed E-state index contributed by atoms with van der Waals surface area (Å²) in [4.78, 5) is 4.67. The Labute approximate surface area is 227 Å². The van der Waals surface area contributed by atoms with E-state index in [2.05, 4.69) is 4.98 Å². The summed E-state index contributed by atoms with van der Waals surface area (Å²) < 4.78 is 39.1. The number of phosphoric acid groups is 1. The van der Waals surface area contributed by atoms with Crippen molar-refractivity contribution < 1.29 is 22.9 Å². The first-order chi connectivity index (χ1) is 17.3. The topological polar surface area (TPSA) is 71.8 Å². The van der Waals surface area contributed by atoms with Crippen molar-refractivity contribution in [1.29, 1.82) is 0 Å². The van der Waals surface area contributed by atoms with Gasteiger partial charge in [0.1, 0.15) is 18.2 Å². The number of aromatic nitrogens is 2. The third-order valence-electron chi connectivity index (χ3n) is 5.04. The van der Waals surface area contributed by atoms with Crippen LogP contribution in [0.15, 0.2) is 59.8 Å². The number of hydrogen-bond donors (Lipinski definition) is 0. The summed E-state index contributed by atoms with van der Waals surface area (Å²) in [5, 5.41) is 3.12. The second kappa shape index (κ2) is 10.6. The van der Waals surface area contributed by atoms with Crippen LogP contribution in [0.5, 0.6) is 11.5 Å². The van der Waals surface area contributed by atoms with Gasteiger partial charge in [0, 0.05) is 11.5 Å². The van der Waals surface area contributed by atoms with E-state index in [1.54, 1.807) is 52.2 Å². The van der Waals surface area contributed by atoms with Crippen LogP contribution in [0.3, 0.4) is 0 Å². The zero-order valence-corrected chi connectivity index (χ0v) is 24.5. The average Bonchev–Trinajstić information content (AvgIpc) is 3.12. The summed E-state index contributed by atoms with van der Waals surface area (Å²) in [5.74, 6) is 1.16. The Hall–Kier alpha value is -2.06. The predicted octanol–water partition coefficient (Wildman–Crippen LogP) is 9.07. The quantitative estimate of drug-likeness (QED) is 0.157. The summed E-state index contributed by atoms with van der Waals surface area (Å²) in [6.45, 7) is 10.7. The molecule has 0 unspecified atom stereocenters. The minimum absolute atomic E-state index is 0.106. The monoisotopic (exact) mass is 562 g/mol. The molecule has 0 saturated heterocycles. The van der Waals surface area contributed by atoms with Crippen molar-refractivity contribution in [2.24, 2.45) is 0 Å². The molecule has 0 saturated carbocycles. The molecule has 1 heterocycles. The molecule has 7 nitrogen and oxygen atoms in total. The molecule has 0 radical (unpaired) electrons. The van der Waals surface area contributed by atoms with Crippen LogP contribution >= 0.6 is 31.2 Å². The van der Waals surface area contributed by atoms with E-state index < -0.39 is 19.0 Å². The Morgan fingerprint density at radius 2 is 1.59 bits per heavy atom. The van der Waals surface area contributed by atoms with Crippen molar-refractivity contribution in [1.82, 2.24) is 9.55 Å². The SMILES string of the molecule is CSc1nc2cc(Cl)c(Oc3cccc4ccccc34)cc2n1COP(=O)(OC(C)(C)C)OC(C)(C)C. The summed E-state index contributed by atoms with van der Waals surface area (Å²) in [5.41, 5.74) is -0.117. The lowest BCUT2D eigenvalue weighted by Gasteiger charge is -2.31. The molecule has 0 bridgehead atoms. The lowest BCUT2D eigenvalue weighted by Crippen LogP contribution is -2.25. The van der Waals surface area contributed by atoms with Crippen molar-refractivity contribution in [3.05, 3.63) is 59.6 Å². The number of phosphoric ester groups is 1. The van der Waals surface area contributed by atoms with Gasteiger partial charge in [-0.05, 0) is 65.3 Å². The Morgan fingerprint density at radius 1 is 0.946 bits per heavy atom. The van der Waals surface area contributed by atoms with Gasteiger partial charge in [-0.1, -0.05) is 59.8 Å². The number of imidazole rings is 1. The highest BCUT2D eigenvalue weighted by atomic mass is 35.5. The van der Waals surface area contributed by atoms with Gasteiger partial charge >= 0.3 is 7.82 Å². The van der Waals surface area contributed by atoms with E-state index in [0.717, 1.165) is 10.8 Å². The first kappa shape index (κ1) is 28.0. The van der Waals surface area contributed by atoms with E-state index in [1.807, 2.05) is 54.8 Å². The molecule has 0 aliphatic rings. The van der Waals surface area contributed by atoms with E-state index in [1.165, 1.54) is 11.8 Å². The highest BCUT2D eigenvalue weighted by Gasteiger charge is 2.37. The largest absolute Gasteiger partial charge is 0.477 e. The lowest BCUT2D eigenvalue weighted by atomic mass is 10.1. The zero-order chi connectivity index (χ0) is 27.0. The zero-order valence-electron chi connectivity index (χ0n) is 22.1. The standard InChI is InChI=1S/C27H32ClN2O5PS/c1-26(2,3)34-36(31,35-27(4,5)6)32-17-30-22-16-24(20(28)15-21(22)29-25(30)37-7)33-23-14-10-12-18-11-8-9-13-19(18)23/h8-16H,17H2,1-7H3. The second-order valence-corrected chi connectivity index (χ2v) is 13.2. The molecule has 0 amide bonds. The maximum atomic E-state index is 13.6. The Morgan fingerprint density at radius 3 is 2.24 bits per heavy atom. The van der Waals surface area contributed by atoms with Gasteiger partial charge in [-0.15, -0.1) is 0 Å². The van der Waals surface area contributed by atoms with E-state index in [9.17, 15) is 4.57 Å². The van der Waals surface area contributed by atoms with Gasteiger partial charge in [0.25, 0.3) is 0 Å². The van der Waals surface area contributed by atoms with Crippen LogP contribution in [-0.2, 0) is 24.9 Å². The fourth-order valence-electron chi connectivity index (χ4n) is 3.74. The van der Waals surface area contributed by atoms with E-state index in [4.69, 9.17) is 29.9 Å². The molecule has 0 fully saturated rings. The first-order valence-corrected chi connectivity index (χ1v) is 14.9. The molecule has 10 heteroatoms. The number of rotatable bonds is 8. The van der Waals surface area contributed by atoms with E-state index >= 15 is 0 Å². The maximum Gasteiger partial charge on any atom is 0.477 e. The Bertz CT molecular complexity index is 1450. The van der Waals surface area contributed by atoms with Crippen LogP contribution in [0.25, 0.3) is 21.8 Å². The number of hydrogen-bond acceptors (Lipinski definition) is 7. The van der Waals surface area contributed by atoms with Crippen molar-refractivity contribution in [2.45, 2.75) is 64.6 Å². The fourth-order valence-corrected chi connectivity index (χ4v) is 6.24. The number of nitrogens with zero attached hydrogens (tertiary/aromatic N) is 2. The molecular weight excluding hydrogens is 531 g/mol. The molecule has 4 rings (SSSR count). The first-order valence-electron chi connectivity index (χ1n) is 11.8.